The summed E-state index contributed by atoms with van der Waals surface area (Å²) < 4.78 is 15.5. The van der Waals surface area contributed by atoms with Crippen LogP contribution in [0.4, 0.5) is 4.79 Å². The molecule has 1 rings (SSSR count). The molecule has 1 fully saturated rings. The lowest BCUT2D eigenvalue weighted by molar-refractivity contribution is -0.145. The number of carbonyl (C=O) groups excluding carboxylic acids is 2. The van der Waals surface area contributed by atoms with Crippen LogP contribution in [0.5, 0.6) is 0 Å². The van der Waals surface area contributed by atoms with Crippen molar-refractivity contribution in [3.05, 3.63) is 0 Å². The molecule has 0 radical (unpaired) electrons. The van der Waals surface area contributed by atoms with Crippen LogP contribution in [-0.4, -0.2) is 55.0 Å². The van der Waals surface area contributed by atoms with Crippen LogP contribution in [0.1, 0.15) is 34.1 Å². The van der Waals surface area contributed by atoms with Gasteiger partial charge in [-0.1, -0.05) is 0 Å². The fourth-order valence-corrected chi connectivity index (χ4v) is 2.04. The molecule has 0 unspecified atom stereocenters. The van der Waals surface area contributed by atoms with Gasteiger partial charge in [0.2, 0.25) is 0 Å². The van der Waals surface area contributed by atoms with Gasteiger partial charge in [-0.25, -0.2) is 9.59 Å². The smallest absolute Gasteiger partial charge is 0.411 e. The van der Waals surface area contributed by atoms with E-state index in [2.05, 4.69) is 0 Å². The van der Waals surface area contributed by atoms with E-state index in [-0.39, 0.29) is 6.10 Å². The lowest BCUT2D eigenvalue weighted by Crippen LogP contribution is -2.44. The highest BCUT2D eigenvalue weighted by atomic mass is 16.6. The van der Waals surface area contributed by atoms with Crippen LogP contribution >= 0.6 is 0 Å². The van der Waals surface area contributed by atoms with Crippen molar-refractivity contribution < 1.29 is 23.8 Å². The van der Waals surface area contributed by atoms with Crippen LogP contribution < -0.4 is 0 Å². The maximum absolute atomic E-state index is 12.1. The number of likely N-dealkylation sites (tertiary alicyclic amines) is 1. The summed E-state index contributed by atoms with van der Waals surface area (Å²) in [6, 6.07) is -0.628. The minimum absolute atomic E-state index is 0.151. The van der Waals surface area contributed by atoms with Crippen molar-refractivity contribution in [2.45, 2.75) is 51.9 Å². The van der Waals surface area contributed by atoms with Gasteiger partial charge in [-0.2, -0.15) is 0 Å². The number of methoxy groups -OCH3 is 1. The van der Waals surface area contributed by atoms with E-state index in [0.717, 1.165) is 0 Å². The second-order valence-corrected chi connectivity index (χ2v) is 5.48. The minimum Gasteiger partial charge on any atom is -0.467 e. The summed E-state index contributed by atoms with van der Waals surface area (Å²) in [5, 5.41) is 0. The van der Waals surface area contributed by atoms with E-state index in [1.165, 1.54) is 12.0 Å². The Bertz CT molecular complexity index is 336. The summed E-state index contributed by atoms with van der Waals surface area (Å²) in [6.45, 7) is 8.13. The van der Waals surface area contributed by atoms with Gasteiger partial charge in [0.15, 0.2) is 0 Å². The van der Waals surface area contributed by atoms with Crippen LogP contribution in [-0.2, 0) is 19.0 Å². The van der Waals surface area contributed by atoms with Gasteiger partial charge in [-0.3, -0.25) is 4.90 Å². The zero-order valence-corrected chi connectivity index (χ0v) is 12.3. The fourth-order valence-electron chi connectivity index (χ4n) is 2.04. The molecule has 6 nitrogen and oxygen atoms in total. The Hall–Kier alpha value is -1.30. The molecule has 0 saturated carbocycles. The number of hydrogen-bond donors (Lipinski definition) is 0. The van der Waals surface area contributed by atoms with Gasteiger partial charge < -0.3 is 14.2 Å². The first-order chi connectivity index (χ1) is 8.78. The second kappa shape index (κ2) is 6.23. The number of rotatable bonds is 3. The van der Waals surface area contributed by atoms with Crippen LogP contribution in [0, 0.1) is 0 Å². The Morgan fingerprint density at radius 1 is 1.32 bits per heavy atom. The van der Waals surface area contributed by atoms with Crippen molar-refractivity contribution >= 4 is 12.1 Å². The molecule has 0 aliphatic carbocycles. The molecule has 2 atom stereocenters. The Labute approximate surface area is 114 Å². The van der Waals surface area contributed by atoms with Crippen molar-refractivity contribution in [2.24, 2.45) is 0 Å². The van der Waals surface area contributed by atoms with Crippen molar-refractivity contribution in [1.29, 1.82) is 0 Å². The molecule has 0 aromatic heterocycles. The first-order valence-electron chi connectivity index (χ1n) is 6.47. The Kier molecular flexibility index (Phi) is 5.17. The standard InChI is InChI=1S/C13H23NO5/c1-6-18-9-7-10(11(15)17-5)14(8-9)12(16)19-13(2,3)4/h9-10H,6-8H2,1-5H3/t9-,10+/m1/s1. The largest absolute Gasteiger partial charge is 0.467 e. The fraction of sp³-hybridized carbons (Fsp3) is 0.846. The zero-order valence-electron chi connectivity index (χ0n) is 12.3. The molecule has 1 saturated heterocycles. The molecule has 0 aromatic rings. The molecule has 1 aliphatic rings. The van der Waals surface area contributed by atoms with Crippen LogP contribution in [0.25, 0.3) is 0 Å². The van der Waals surface area contributed by atoms with Gasteiger partial charge in [0.1, 0.15) is 11.6 Å². The van der Waals surface area contributed by atoms with E-state index in [4.69, 9.17) is 14.2 Å². The third-order valence-corrected chi connectivity index (χ3v) is 2.77. The number of esters is 1. The van der Waals surface area contributed by atoms with E-state index >= 15 is 0 Å². The van der Waals surface area contributed by atoms with Crippen molar-refractivity contribution in [3.63, 3.8) is 0 Å². The molecule has 0 spiro atoms. The van der Waals surface area contributed by atoms with Crippen LogP contribution in [0.2, 0.25) is 0 Å². The number of ether oxygens (including phenoxy) is 3. The Balaban J connectivity index is 2.76. The second-order valence-electron chi connectivity index (χ2n) is 5.48. The van der Waals surface area contributed by atoms with E-state index in [9.17, 15) is 9.59 Å². The first kappa shape index (κ1) is 15.8. The van der Waals surface area contributed by atoms with Crippen molar-refractivity contribution in [3.8, 4) is 0 Å². The zero-order chi connectivity index (χ0) is 14.6. The lowest BCUT2D eigenvalue weighted by Gasteiger charge is -2.27. The molecule has 0 N–H and O–H groups in total. The number of amides is 1. The maximum Gasteiger partial charge on any atom is 0.411 e. The maximum atomic E-state index is 12.1. The predicted octanol–water partition coefficient (Wildman–Crippen LogP) is 1.57. The van der Waals surface area contributed by atoms with Crippen LogP contribution in [0.3, 0.4) is 0 Å². The highest BCUT2D eigenvalue weighted by Crippen LogP contribution is 2.24. The van der Waals surface area contributed by atoms with Gasteiger partial charge in [0.25, 0.3) is 0 Å². The summed E-state index contributed by atoms with van der Waals surface area (Å²) >= 11 is 0. The number of hydrogen-bond acceptors (Lipinski definition) is 5. The normalized spacial score (nSPS) is 23.3. The molecule has 1 amide bonds. The predicted molar refractivity (Wildman–Crippen MR) is 68.8 cm³/mol. The Morgan fingerprint density at radius 2 is 1.95 bits per heavy atom. The monoisotopic (exact) mass is 273 g/mol. The third kappa shape index (κ3) is 4.38. The highest BCUT2D eigenvalue weighted by molar-refractivity contribution is 5.82. The summed E-state index contributed by atoms with van der Waals surface area (Å²) in [6.07, 6.45) is -0.216. The molecule has 1 heterocycles. The van der Waals surface area contributed by atoms with E-state index < -0.39 is 23.7 Å². The minimum atomic E-state index is -0.628. The van der Waals surface area contributed by atoms with Gasteiger partial charge in [0, 0.05) is 13.0 Å². The quantitative estimate of drug-likeness (QED) is 0.730. The Morgan fingerprint density at radius 3 is 2.42 bits per heavy atom. The van der Waals surface area contributed by atoms with Gasteiger partial charge in [0.05, 0.1) is 19.8 Å². The number of nitrogens with zero attached hydrogens (tertiary/aromatic N) is 1. The van der Waals surface area contributed by atoms with E-state index in [1.807, 2.05) is 6.92 Å². The van der Waals surface area contributed by atoms with Gasteiger partial charge in [-0.15, -0.1) is 0 Å². The SMILES string of the molecule is CCO[C@@H]1C[C@@H](C(=O)OC)N(C(=O)OC(C)(C)C)C1. The molecule has 0 aromatic carbocycles. The summed E-state index contributed by atoms with van der Waals surface area (Å²) in [5.74, 6) is -0.437. The molecular formula is C13H23NO5. The lowest BCUT2D eigenvalue weighted by atomic mass is 10.2. The summed E-state index contributed by atoms with van der Waals surface area (Å²) in [4.78, 5) is 25.2. The average Bonchev–Trinajstić information content (AvgIpc) is 2.70. The van der Waals surface area contributed by atoms with Crippen molar-refractivity contribution in [1.82, 2.24) is 4.90 Å². The molecule has 19 heavy (non-hydrogen) atoms. The van der Waals surface area contributed by atoms with Gasteiger partial charge >= 0.3 is 12.1 Å². The number of carbonyl (C=O) groups is 2. The molecular weight excluding hydrogens is 250 g/mol. The van der Waals surface area contributed by atoms with Crippen LogP contribution in [0.15, 0.2) is 0 Å². The average molecular weight is 273 g/mol. The summed E-state index contributed by atoms with van der Waals surface area (Å²) in [7, 11) is 1.31. The summed E-state index contributed by atoms with van der Waals surface area (Å²) in [5.41, 5.74) is -0.596. The topological polar surface area (TPSA) is 65.1 Å². The van der Waals surface area contributed by atoms with Gasteiger partial charge in [-0.05, 0) is 27.7 Å². The van der Waals surface area contributed by atoms with Crippen molar-refractivity contribution in [2.75, 3.05) is 20.3 Å². The molecule has 1 aliphatic heterocycles. The highest BCUT2D eigenvalue weighted by Gasteiger charge is 2.42. The first-order valence-corrected chi connectivity index (χ1v) is 6.47. The molecule has 0 bridgehead atoms. The molecule has 110 valence electrons. The van der Waals surface area contributed by atoms with E-state index in [1.54, 1.807) is 20.8 Å². The third-order valence-electron chi connectivity index (χ3n) is 2.77. The molecule has 6 heteroatoms. The van der Waals surface area contributed by atoms with E-state index in [0.29, 0.717) is 19.6 Å².